The van der Waals surface area contributed by atoms with Crippen LogP contribution >= 0.6 is 31.9 Å². The summed E-state index contributed by atoms with van der Waals surface area (Å²) in [5.41, 5.74) is 1.25. The Morgan fingerprint density at radius 2 is 1.68 bits per heavy atom. The molecule has 1 rings (SSSR count). The van der Waals surface area contributed by atoms with Crippen molar-refractivity contribution in [3.8, 4) is 5.75 Å². The van der Waals surface area contributed by atoms with Gasteiger partial charge in [-0.2, -0.15) is 0 Å². The van der Waals surface area contributed by atoms with Crippen molar-refractivity contribution in [1.29, 1.82) is 0 Å². The minimum atomic E-state index is 0.544. The van der Waals surface area contributed by atoms with E-state index in [2.05, 4.69) is 70.1 Å². The number of benzene rings is 1. The number of methoxy groups -OCH3 is 1. The molecule has 0 amide bonds. The van der Waals surface area contributed by atoms with Crippen molar-refractivity contribution in [3.05, 3.63) is 26.6 Å². The number of rotatable bonds is 7. The molecule has 0 saturated carbocycles. The lowest BCUT2D eigenvalue weighted by atomic mass is 10.0. The summed E-state index contributed by atoms with van der Waals surface area (Å²) in [5.74, 6) is 1.62. The van der Waals surface area contributed by atoms with Crippen molar-refractivity contribution in [2.75, 3.05) is 7.11 Å². The Labute approximate surface area is 133 Å². The van der Waals surface area contributed by atoms with E-state index in [1.165, 1.54) is 18.4 Å². The SMILES string of the molecule is COc1c(Br)cc(CNC(C)CCC(C)C)cc1Br. The Hall–Kier alpha value is -0.0600. The van der Waals surface area contributed by atoms with Crippen LogP contribution in [0.4, 0.5) is 0 Å². The first kappa shape index (κ1) is 17.0. The summed E-state index contributed by atoms with van der Waals surface area (Å²) in [4.78, 5) is 0. The lowest BCUT2D eigenvalue weighted by molar-refractivity contribution is 0.409. The maximum absolute atomic E-state index is 5.31. The first-order chi connectivity index (χ1) is 8.93. The van der Waals surface area contributed by atoms with Crippen LogP contribution < -0.4 is 10.1 Å². The molecule has 1 atom stereocenters. The van der Waals surface area contributed by atoms with Crippen LogP contribution in [0.15, 0.2) is 21.1 Å². The molecule has 1 N–H and O–H groups in total. The lowest BCUT2D eigenvalue weighted by Gasteiger charge is -2.16. The van der Waals surface area contributed by atoms with E-state index in [1.807, 2.05) is 0 Å². The molecule has 0 aliphatic heterocycles. The molecule has 0 aliphatic rings. The van der Waals surface area contributed by atoms with Crippen LogP contribution in [0.2, 0.25) is 0 Å². The average molecular weight is 393 g/mol. The number of ether oxygens (including phenoxy) is 1. The van der Waals surface area contributed by atoms with Crippen molar-refractivity contribution in [2.45, 2.75) is 46.2 Å². The molecule has 1 aromatic carbocycles. The van der Waals surface area contributed by atoms with E-state index < -0.39 is 0 Å². The number of hydrogen-bond donors (Lipinski definition) is 1. The van der Waals surface area contributed by atoms with Crippen LogP contribution in [0.3, 0.4) is 0 Å². The topological polar surface area (TPSA) is 21.3 Å². The van der Waals surface area contributed by atoms with Crippen molar-refractivity contribution < 1.29 is 4.74 Å². The van der Waals surface area contributed by atoms with Gasteiger partial charge in [0.05, 0.1) is 16.1 Å². The summed E-state index contributed by atoms with van der Waals surface area (Å²) in [6.45, 7) is 7.66. The molecular weight excluding hydrogens is 370 g/mol. The predicted molar refractivity (Wildman–Crippen MR) is 88.8 cm³/mol. The molecule has 4 heteroatoms. The largest absolute Gasteiger partial charge is 0.494 e. The Kier molecular flexibility index (Phi) is 7.40. The molecule has 0 fully saturated rings. The lowest BCUT2D eigenvalue weighted by Crippen LogP contribution is -2.25. The normalized spacial score (nSPS) is 12.8. The summed E-state index contributed by atoms with van der Waals surface area (Å²) < 4.78 is 7.27. The second kappa shape index (κ2) is 8.28. The van der Waals surface area contributed by atoms with Gasteiger partial charge in [-0.3, -0.25) is 0 Å². The maximum Gasteiger partial charge on any atom is 0.147 e. The van der Waals surface area contributed by atoms with Crippen molar-refractivity contribution in [2.24, 2.45) is 5.92 Å². The van der Waals surface area contributed by atoms with E-state index in [0.29, 0.717) is 6.04 Å². The minimum Gasteiger partial charge on any atom is -0.494 e. The van der Waals surface area contributed by atoms with Gasteiger partial charge in [0, 0.05) is 12.6 Å². The summed E-state index contributed by atoms with van der Waals surface area (Å²) in [6, 6.07) is 4.75. The summed E-state index contributed by atoms with van der Waals surface area (Å²) in [6.07, 6.45) is 2.49. The fraction of sp³-hybridized carbons (Fsp3) is 0.600. The first-order valence-electron chi connectivity index (χ1n) is 6.69. The Bertz CT molecular complexity index is 384. The van der Waals surface area contributed by atoms with Gasteiger partial charge in [-0.25, -0.2) is 0 Å². The molecule has 108 valence electrons. The molecule has 19 heavy (non-hydrogen) atoms. The molecule has 0 radical (unpaired) electrons. The third-order valence-corrected chi connectivity index (χ3v) is 4.27. The van der Waals surface area contributed by atoms with Crippen molar-refractivity contribution in [3.63, 3.8) is 0 Å². The fourth-order valence-electron chi connectivity index (χ4n) is 1.89. The third-order valence-electron chi connectivity index (χ3n) is 3.09. The zero-order valence-electron chi connectivity index (χ0n) is 12.1. The standard InChI is InChI=1S/C15H23Br2NO/c1-10(2)5-6-11(3)18-9-12-7-13(16)15(19-4)14(17)8-12/h7-8,10-11,18H,5-6,9H2,1-4H3. The zero-order valence-corrected chi connectivity index (χ0v) is 15.3. The van der Waals surface area contributed by atoms with E-state index in [-0.39, 0.29) is 0 Å². The van der Waals surface area contributed by atoms with Crippen LogP contribution in [-0.4, -0.2) is 13.2 Å². The number of hydrogen-bond acceptors (Lipinski definition) is 2. The number of nitrogens with one attached hydrogen (secondary N) is 1. The molecule has 1 unspecified atom stereocenters. The van der Waals surface area contributed by atoms with E-state index >= 15 is 0 Å². The molecule has 2 nitrogen and oxygen atoms in total. The monoisotopic (exact) mass is 391 g/mol. The second-order valence-corrected chi connectivity index (χ2v) is 7.05. The fourth-order valence-corrected chi connectivity index (χ4v) is 3.49. The highest BCUT2D eigenvalue weighted by atomic mass is 79.9. The van der Waals surface area contributed by atoms with Crippen molar-refractivity contribution >= 4 is 31.9 Å². The average Bonchev–Trinajstić information content (AvgIpc) is 2.33. The summed E-state index contributed by atoms with van der Waals surface area (Å²) >= 11 is 7.06. The highest BCUT2D eigenvalue weighted by Crippen LogP contribution is 2.34. The van der Waals surface area contributed by atoms with Crippen LogP contribution in [0.1, 0.15) is 39.2 Å². The van der Waals surface area contributed by atoms with E-state index in [0.717, 1.165) is 27.2 Å². The molecule has 0 aromatic heterocycles. The van der Waals surface area contributed by atoms with Gasteiger partial charge in [0.15, 0.2) is 0 Å². The zero-order chi connectivity index (χ0) is 14.4. The Morgan fingerprint density at radius 3 is 2.16 bits per heavy atom. The van der Waals surface area contributed by atoms with Gasteiger partial charge in [-0.15, -0.1) is 0 Å². The highest BCUT2D eigenvalue weighted by Gasteiger charge is 2.09. The second-order valence-electron chi connectivity index (χ2n) is 5.35. The molecule has 0 aliphatic carbocycles. The molecule has 0 bridgehead atoms. The quantitative estimate of drug-likeness (QED) is 0.693. The summed E-state index contributed by atoms with van der Waals surface area (Å²) in [7, 11) is 1.68. The molecule has 0 spiro atoms. The van der Waals surface area contributed by atoms with Gasteiger partial charge in [0.2, 0.25) is 0 Å². The molecular formula is C15H23Br2NO. The first-order valence-corrected chi connectivity index (χ1v) is 8.28. The molecule has 0 heterocycles. The molecule has 0 saturated heterocycles. The van der Waals surface area contributed by atoms with Gasteiger partial charge in [-0.1, -0.05) is 13.8 Å². The Balaban J connectivity index is 2.54. The Morgan fingerprint density at radius 1 is 1.11 bits per heavy atom. The van der Waals surface area contributed by atoms with Crippen LogP contribution in [0.5, 0.6) is 5.75 Å². The molecule has 1 aromatic rings. The van der Waals surface area contributed by atoms with Crippen LogP contribution in [-0.2, 0) is 6.54 Å². The smallest absolute Gasteiger partial charge is 0.147 e. The van der Waals surface area contributed by atoms with Crippen LogP contribution in [0.25, 0.3) is 0 Å². The van der Waals surface area contributed by atoms with Gasteiger partial charge < -0.3 is 10.1 Å². The van der Waals surface area contributed by atoms with E-state index in [4.69, 9.17) is 4.74 Å². The predicted octanol–water partition coefficient (Wildman–Crippen LogP) is 5.13. The van der Waals surface area contributed by atoms with E-state index in [1.54, 1.807) is 7.11 Å². The van der Waals surface area contributed by atoms with Crippen molar-refractivity contribution in [1.82, 2.24) is 5.32 Å². The summed E-state index contributed by atoms with van der Waals surface area (Å²) in [5, 5.41) is 3.56. The highest BCUT2D eigenvalue weighted by molar-refractivity contribution is 9.11. The third kappa shape index (κ3) is 5.84. The minimum absolute atomic E-state index is 0.544. The number of halogens is 2. The van der Waals surface area contributed by atoms with Gasteiger partial charge >= 0.3 is 0 Å². The van der Waals surface area contributed by atoms with Gasteiger partial charge in [0.25, 0.3) is 0 Å². The van der Waals surface area contributed by atoms with Crippen LogP contribution in [0, 0.1) is 5.92 Å². The van der Waals surface area contributed by atoms with Gasteiger partial charge in [-0.05, 0) is 75.2 Å². The van der Waals surface area contributed by atoms with Gasteiger partial charge in [0.1, 0.15) is 5.75 Å². The maximum atomic E-state index is 5.31. The van der Waals surface area contributed by atoms with E-state index in [9.17, 15) is 0 Å².